The molecule has 1 aliphatic carbocycles. The summed E-state index contributed by atoms with van der Waals surface area (Å²) < 4.78 is 1.99. The molecule has 1 aliphatic heterocycles. The van der Waals surface area contributed by atoms with Crippen LogP contribution in [0.4, 0.5) is 5.69 Å². The summed E-state index contributed by atoms with van der Waals surface area (Å²) in [7, 11) is 0. The summed E-state index contributed by atoms with van der Waals surface area (Å²) in [5, 5.41) is 12.5. The number of fused-ring (bicyclic) bond motifs is 1. The van der Waals surface area contributed by atoms with Crippen LogP contribution in [0.1, 0.15) is 43.2 Å². The number of thioether (sulfide) groups is 1. The number of carbonyl (C=O) groups is 1. The third-order valence-electron chi connectivity index (χ3n) is 6.20. The Labute approximate surface area is 186 Å². The molecule has 0 radical (unpaired) electrons. The van der Waals surface area contributed by atoms with E-state index in [0.717, 1.165) is 59.0 Å². The van der Waals surface area contributed by atoms with Crippen molar-refractivity contribution in [3.63, 3.8) is 0 Å². The second-order valence-electron chi connectivity index (χ2n) is 8.70. The van der Waals surface area contributed by atoms with E-state index in [1.807, 2.05) is 47.1 Å². The van der Waals surface area contributed by atoms with Gasteiger partial charge in [0.15, 0.2) is 5.82 Å². The lowest BCUT2D eigenvalue weighted by Crippen LogP contribution is -2.59. The first kappa shape index (κ1) is 20.1. The van der Waals surface area contributed by atoms with Gasteiger partial charge < -0.3 is 10.7 Å². The van der Waals surface area contributed by atoms with Crippen molar-refractivity contribution in [1.82, 2.24) is 14.9 Å². The molecule has 160 valence electrons. The van der Waals surface area contributed by atoms with Gasteiger partial charge in [0.25, 0.3) is 0 Å². The fourth-order valence-corrected chi connectivity index (χ4v) is 6.05. The number of carbonyl (C=O) groups excluding carboxylic acids is 1. The van der Waals surface area contributed by atoms with Crippen LogP contribution in [0.25, 0.3) is 11.4 Å². The second-order valence-corrected chi connectivity index (χ2v) is 9.77. The van der Waals surface area contributed by atoms with E-state index in [-0.39, 0.29) is 16.7 Å². The first-order valence-corrected chi connectivity index (χ1v) is 11.8. The van der Waals surface area contributed by atoms with Gasteiger partial charge in [-0.1, -0.05) is 67.4 Å². The Kier molecular flexibility index (Phi) is 5.22. The highest BCUT2D eigenvalue weighted by atomic mass is 32.2. The van der Waals surface area contributed by atoms with E-state index in [1.165, 1.54) is 18.2 Å². The van der Waals surface area contributed by atoms with Gasteiger partial charge in [0, 0.05) is 11.3 Å². The highest BCUT2D eigenvalue weighted by Gasteiger charge is 2.49. The topological polar surface area (TPSA) is 71.8 Å². The molecule has 2 N–H and O–H groups in total. The molecule has 2 aliphatic rings. The highest BCUT2D eigenvalue weighted by Crippen LogP contribution is 2.44. The number of anilines is 1. The summed E-state index contributed by atoms with van der Waals surface area (Å²) in [6.45, 7) is 4.10. The molecule has 7 heteroatoms. The van der Waals surface area contributed by atoms with Crippen molar-refractivity contribution in [1.29, 1.82) is 0 Å². The normalized spacial score (nSPS) is 19.5. The summed E-state index contributed by atoms with van der Waals surface area (Å²) in [5.41, 5.74) is 7.55. The molecule has 5 rings (SSSR count). The molecule has 2 heterocycles. The van der Waals surface area contributed by atoms with E-state index < -0.39 is 0 Å². The van der Waals surface area contributed by atoms with E-state index >= 15 is 0 Å². The van der Waals surface area contributed by atoms with Gasteiger partial charge in [-0.2, -0.15) is 0 Å². The fourth-order valence-electron chi connectivity index (χ4n) is 4.84. The molecule has 1 fully saturated rings. The van der Waals surface area contributed by atoms with Crippen LogP contribution in [0.2, 0.25) is 0 Å². The number of aromatic nitrogens is 3. The Morgan fingerprint density at radius 2 is 1.77 bits per heavy atom. The van der Waals surface area contributed by atoms with Gasteiger partial charge in [-0.3, -0.25) is 4.79 Å². The van der Waals surface area contributed by atoms with Crippen molar-refractivity contribution in [2.45, 2.75) is 61.9 Å². The maximum absolute atomic E-state index is 13.5. The third-order valence-corrected chi connectivity index (χ3v) is 7.57. The molecule has 6 nitrogen and oxygen atoms in total. The number of benzene rings is 2. The highest BCUT2D eigenvalue weighted by molar-refractivity contribution is 8.00. The molecule has 2 aromatic carbocycles. The minimum Gasteiger partial charge on any atom is -0.325 e. The molecule has 1 saturated carbocycles. The molecule has 3 aromatic rings. The van der Waals surface area contributed by atoms with Gasteiger partial charge in [0.2, 0.25) is 11.1 Å². The molecule has 0 bridgehead atoms. The second kappa shape index (κ2) is 8.04. The van der Waals surface area contributed by atoms with Gasteiger partial charge in [-0.05, 0) is 49.9 Å². The van der Waals surface area contributed by atoms with E-state index in [1.54, 1.807) is 0 Å². The number of rotatable bonds is 3. The standard InChI is InChI=1S/C24H27N5OS/c1-16-13-17(2)15-19(14-16)25-22(30)20-24(11-7-4-8-12-24)28-29-21(26-27-23(29)31-20)18-9-5-3-6-10-18/h3,5-6,9-10,13-15,20,28H,4,7-8,11-12H2,1-2H3,(H,25,30). The van der Waals surface area contributed by atoms with Gasteiger partial charge in [-0.25, -0.2) is 4.68 Å². The average Bonchev–Trinajstić information content (AvgIpc) is 3.16. The van der Waals surface area contributed by atoms with Crippen LogP contribution in [-0.2, 0) is 4.79 Å². The minimum atomic E-state index is -0.315. The largest absolute Gasteiger partial charge is 0.325 e. The summed E-state index contributed by atoms with van der Waals surface area (Å²) in [6, 6.07) is 16.2. The molecule has 31 heavy (non-hydrogen) atoms. The minimum absolute atomic E-state index is 0.0277. The molecule has 0 saturated heterocycles. The average molecular weight is 434 g/mol. The van der Waals surface area contributed by atoms with Gasteiger partial charge >= 0.3 is 0 Å². The van der Waals surface area contributed by atoms with Crippen molar-refractivity contribution in [3.05, 3.63) is 59.7 Å². The zero-order valence-electron chi connectivity index (χ0n) is 17.9. The Morgan fingerprint density at radius 3 is 2.48 bits per heavy atom. The molecule has 1 spiro atoms. The molecule has 1 atom stereocenters. The van der Waals surface area contributed by atoms with Crippen molar-refractivity contribution in [2.24, 2.45) is 0 Å². The van der Waals surface area contributed by atoms with E-state index in [9.17, 15) is 4.79 Å². The van der Waals surface area contributed by atoms with Gasteiger partial charge in [0.1, 0.15) is 5.25 Å². The summed E-state index contributed by atoms with van der Waals surface area (Å²) in [4.78, 5) is 13.5. The van der Waals surface area contributed by atoms with Crippen LogP contribution >= 0.6 is 11.8 Å². The van der Waals surface area contributed by atoms with Crippen molar-refractivity contribution in [3.8, 4) is 11.4 Å². The quantitative estimate of drug-likeness (QED) is 0.613. The lowest BCUT2D eigenvalue weighted by molar-refractivity contribution is -0.117. The molecular weight excluding hydrogens is 406 g/mol. The first-order valence-electron chi connectivity index (χ1n) is 10.9. The predicted molar refractivity (Wildman–Crippen MR) is 125 cm³/mol. The van der Waals surface area contributed by atoms with Crippen LogP contribution in [0, 0.1) is 13.8 Å². The number of nitrogens with one attached hydrogen (secondary N) is 2. The van der Waals surface area contributed by atoms with Crippen LogP contribution < -0.4 is 10.7 Å². The zero-order valence-corrected chi connectivity index (χ0v) is 18.7. The van der Waals surface area contributed by atoms with Crippen molar-refractivity contribution < 1.29 is 4.79 Å². The van der Waals surface area contributed by atoms with Gasteiger partial charge in [0.05, 0.1) is 5.54 Å². The lowest BCUT2D eigenvalue weighted by atomic mass is 9.79. The van der Waals surface area contributed by atoms with Crippen LogP contribution in [0.5, 0.6) is 0 Å². The molecular formula is C24H27N5OS. The Hall–Kier alpha value is -2.80. The maximum atomic E-state index is 13.5. The van der Waals surface area contributed by atoms with Gasteiger partial charge in [-0.15, -0.1) is 10.2 Å². The fraction of sp³-hybridized carbons (Fsp3) is 0.375. The first-order chi connectivity index (χ1) is 15.0. The summed E-state index contributed by atoms with van der Waals surface area (Å²) in [6.07, 6.45) is 5.34. The van der Waals surface area contributed by atoms with Crippen molar-refractivity contribution >= 4 is 23.4 Å². The number of aryl methyl sites for hydroxylation is 2. The van der Waals surface area contributed by atoms with Crippen molar-refractivity contribution in [2.75, 3.05) is 10.7 Å². The number of hydrogen-bond acceptors (Lipinski definition) is 5. The Morgan fingerprint density at radius 1 is 1.06 bits per heavy atom. The molecule has 1 unspecified atom stereocenters. The Balaban J connectivity index is 1.49. The summed E-state index contributed by atoms with van der Waals surface area (Å²) in [5.74, 6) is 0.820. The molecule has 1 amide bonds. The monoisotopic (exact) mass is 433 g/mol. The third kappa shape index (κ3) is 3.82. The van der Waals surface area contributed by atoms with E-state index in [0.29, 0.717) is 0 Å². The number of nitrogens with zero attached hydrogens (tertiary/aromatic N) is 3. The number of amides is 1. The van der Waals surface area contributed by atoms with Crippen LogP contribution in [0.15, 0.2) is 53.7 Å². The van der Waals surface area contributed by atoms with E-state index in [2.05, 4.69) is 40.9 Å². The Bertz CT molecular complexity index is 1080. The zero-order chi connectivity index (χ0) is 21.4. The smallest absolute Gasteiger partial charge is 0.240 e. The lowest BCUT2D eigenvalue weighted by Gasteiger charge is -2.46. The van der Waals surface area contributed by atoms with E-state index in [4.69, 9.17) is 0 Å². The SMILES string of the molecule is Cc1cc(C)cc(NC(=O)C2Sc3nnc(-c4ccccc4)n3NC23CCCCC3)c1. The molecule has 1 aromatic heterocycles. The summed E-state index contributed by atoms with van der Waals surface area (Å²) >= 11 is 1.53. The number of hydrogen-bond donors (Lipinski definition) is 2. The van der Waals surface area contributed by atoms with Crippen LogP contribution in [-0.4, -0.2) is 31.6 Å². The predicted octanol–water partition coefficient (Wildman–Crippen LogP) is 4.92. The maximum Gasteiger partial charge on any atom is 0.240 e. The van der Waals surface area contributed by atoms with Crippen LogP contribution in [0.3, 0.4) is 0 Å².